The highest BCUT2D eigenvalue weighted by atomic mass is 16.4. The van der Waals surface area contributed by atoms with Crippen molar-refractivity contribution in [1.82, 2.24) is 4.90 Å². The molecule has 2 aromatic rings. The average Bonchev–Trinajstić information content (AvgIpc) is 3.16. The Morgan fingerprint density at radius 3 is 2.76 bits per heavy atom. The van der Waals surface area contributed by atoms with Crippen LogP contribution in [-0.2, 0) is 4.79 Å². The standard InChI is InChI=1S/C18H18N2O5/c21-16(15-7-3-9-25-15)19-14-6-1-4-12(10-14)17(22)20-8-2-5-13(11-20)18(23)24/h1,3-4,6-7,9-10,13H,2,5,8,11H2,(H,19,21)(H,23,24)/t13-/m0/s1. The highest BCUT2D eigenvalue weighted by molar-refractivity contribution is 6.03. The number of anilines is 1. The molecule has 1 fully saturated rings. The van der Waals surface area contributed by atoms with Gasteiger partial charge in [-0.15, -0.1) is 0 Å². The summed E-state index contributed by atoms with van der Waals surface area (Å²) >= 11 is 0. The van der Waals surface area contributed by atoms with E-state index in [0.717, 1.165) is 0 Å². The zero-order valence-corrected chi connectivity index (χ0v) is 13.5. The molecule has 1 aromatic heterocycles. The van der Waals surface area contributed by atoms with Crippen LogP contribution in [0, 0.1) is 5.92 Å². The van der Waals surface area contributed by atoms with Crippen LogP contribution in [0.1, 0.15) is 33.8 Å². The molecule has 0 unspecified atom stereocenters. The van der Waals surface area contributed by atoms with Gasteiger partial charge in [-0.3, -0.25) is 14.4 Å². The number of rotatable bonds is 4. The first-order chi connectivity index (χ1) is 12.0. The summed E-state index contributed by atoms with van der Waals surface area (Å²) in [5.74, 6) is -1.87. The topological polar surface area (TPSA) is 99.9 Å². The van der Waals surface area contributed by atoms with Crippen molar-refractivity contribution in [2.75, 3.05) is 18.4 Å². The number of carbonyl (C=O) groups excluding carboxylic acids is 2. The molecule has 0 aliphatic carbocycles. The van der Waals surface area contributed by atoms with Crippen LogP contribution in [0.3, 0.4) is 0 Å². The molecule has 1 aliphatic heterocycles. The summed E-state index contributed by atoms with van der Waals surface area (Å²) in [6.07, 6.45) is 2.65. The van der Waals surface area contributed by atoms with Gasteiger partial charge in [0.2, 0.25) is 0 Å². The largest absolute Gasteiger partial charge is 0.481 e. The average molecular weight is 342 g/mol. The number of likely N-dealkylation sites (tertiary alicyclic amines) is 1. The van der Waals surface area contributed by atoms with Crippen LogP contribution >= 0.6 is 0 Å². The maximum absolute atomic E-state index is 12.6. The van der Waals surface area contributed by atoms with E-state index in [0.29, 0.717) is 30.6 Å². The van der Waals surface area contributed by atoms with E-state index < -0.39 is 17.8 Å². The van der Waals surface area contributed by atoms with Crippen molar-refractivity contribution in [2.45, 2.75) is 12.8 Å². The lowest BCUT2D eigenvalue weighted by atomic mass is 9.97. The van der Waals surface area contributed by atoms with Gasteiger partial charge in [-0.1, -0.05) is 6.07 Å². The first-order valence-electron chi connectivity index (χ1n) is 8.01. The Morgan fingerprint density at radius 1 is 1.20 bits per heavy atom. The van der Waals surface area contributed by atoms with Gasteiger partial charge in [0.1, 0.15) is 0 Å². The fourth-order valence-corrected chi connectivity index (χ4v) is 2.88. The summed E-state index contributed by atoms with van der Waals surface area (Å²) in [5, 5.41) is 11.8. The molecule has 0 radical (unpaired) electrons. The monoisotopic (exact) mass is 342 g/mol. The molecule has 2 heterocycles. The van der Waals surface area contributed by atoms with Crippen molar-refractivity contribution in [3.8, 4) is 0 Å². The van der Waals surface area contributed by atoms with Crippen molar-refractivity contribution in [2.24, 2.45) is 5.92 Å². The highest BCUT2D eigenvalue weighted by Crippen LogP contribution is 2.20. The van der Waals surface area contributed by atoms with Crippen LogP contribution in [0.2, 0.25) is 0 Å². The molecule has 1 aliphatic rings. The second-order valence-electron chi connectivity index (χ2n) is 5.94. The SMILES string of the molecule is O=C(Nc1cccc(C(=O)N2CCC[C@H](C(=O)O)C2)c1)c1ccco1. The molecule has 0 bridgehead atoms. The Balaban J connectivity index is 1.71. The third-order valence-electron chi connectivity index (χ3n) is 4.17. The summed E-state index contributed by atoms with van der Waals surface area (Å²) in [4.78, 5) is 37.4. The van der Waals surface area contributed by atoms with E-state index >= 15 is 0 Å². The van der Waals surface area contributed by atoms with Gasteiger partial charge >= 0.3 is 5.97 Å². The first-order valence-corrected chi connectivity index (χ1v) is 8.01. The molecule has 2 amide bonds. The summed E-state index contributed by atoms with van der Waals surface area (Å²) in [6.45, 7) is 0.739. The van der Waals surface area contributed by atoms with Gasteiger partial charge in [-0.2, -0.15) is 0 Å². The summed E-state index contributed by atoms with van der Waals surface area (Å²) in [5.41, 5.74) is 0.877. The van der Waals surface area contributed by atoms with E-state index in [1.807, 2.05) is 0 Å². The van der Waals surface area contributed by atoms with Gasteiger partial charge in [-0.05, 0) is 43.2 Å². The van der Waals surface area contributed by atoms with E-state index in [9.17, 15) is 14.4 Å². The number of benzene rings is 1. The number of carboxylic acid groups (broad SMARTS) is 1. The van der Waals surface area contributed by atoms with Crippen LogP contribution < -0.4 is 5.32 Å². The molecule has 1 aromatic carbocycles. The van der Waals surface area contributed by atoms with Crippen molar-refractivity contribution in [1.29, 1.82) is 0 Å². The molecule has 0 saturated carbocycles. The van der Waals surface area contributed by atoms with Crippen molar-refractivity contribution >= 4 is 23.5 Å². The van der Waals surface area contributed by atoms with Crippen molar-refractivity contribution < 1.29 is 23.9 Å². The minimum atomic E-state index is -0.878. The Labute approximate surface area is 144 Å². The van der Waals surface area contributed by atoms with E-state index in [4.69, 9.17) is 9.52 Å². The van der Waals surface area contributed by atoms with E-state index in [-0.39, 0.29) is 18.2 Å². The third-order valence-corrected chi connectivity index (χ3v) is 4.17. The van der Waals surface area contributed by atoms with Gasteiger partial charge in [-0.25, -0.2) is 0 Å². The molecular weight excluding hydrogens is 324 g/mol. The molecule has 25 heavy (non-hydrogen) atoms. The zero-order chi connectivity index (χ0) is 17.8. The van der Waals surface area contributed by atoms with Crippen molar-refractivity contribution in [3.05, 3.63) is 54.0 Å². The van der Waals surface area contributed by atoms with E-state index in [1.165, 1.54) is 6.26 Å². The second-order valence-corrected chi connectivity index (χ2v) is 5.94. The molecule has 0 spiro atoms. The summed E-state index contributed by atoms with van der Waals surface area (Å²) < 4.78 is 5.03. The van der Waals surface area contributed by atoms with Gasteiger partial charge in [0, 0.05) is 24.3 Å². The predicted octanol–water partition coefficient (Wildman–Crippen LogP) is 2.47. The van der Waals surface area contributed by atoms with Crippen LogP contribution in [-0.4, -0.2) is 40.9 Å². The number of nitrogens with one attached hydrogen (secondary N) is 1. The quantitative estimate of drug-likeness (QED) is 0.889. The maximum atomic E-state index is 12.6. The minimum Gasteiger partial charge on any atom is -0.481 e. The number of nitrogens with zero attached hydrogens (tertiary/aromatic N) is 1. The number of amides is 2. The minimum absolute atomic E-state index is 0.178. The second kappa shape index (κ2) is 7.21. The molecule has 7 nitrogen and oxygen atoms in total. The van der Waals surface area contributed by atoms with Crippen LogP contribution in [0.25, 0.3) is 0 Å². The lowest BCUT2D eigenvalue weighted by molar-refractivity contribution is -0.143. The first kappa shape index (κ1) is 16.8. The van der Waals surface area contributed by atoms with E-state index in [2.05, 4.69) is 5.32 Å². The van der Waals surface area contributed by atoms with Gasteiger partial charge in [0.15, 0.2) is 5.76 Å². The van der Waals surface area contributed by atoms with Crippen LogP contribution in [0.4, 0.5) is 5.69 Å². The van der Waals surface area contributed by atoms with Crippen molar-refractivity contribution in [3.63, 3.8) is 0 Å². The molecule has 130 valence electrons. The molecule has 1 atom stereocenters. The summed E-state index contributed by atoms with van der Waals surface area (Å²) in [6, 6.07) is 9.73. The Bertz CT molecular complexity index is 785. The smallest absolute Gasteiger partial charge is 0.308 e. The summed E-state index contributed by atoms with van der Waals surface area (Å²) in [7, 11) is 0. The third kappa shape index (κ3) is 3.88. The zero-order valence-electron chi connectivity index (χ0n) is 13.5. The number of piperidine rings is 1. The number of hydrogen-bond donors (Lipinski definition) is 2. The van der Waals surface area contributed by atoms with E-state index in [1.54, 1.807) is 41.3 Å². The fraction of sp³-hybridized carbons (Fsp3) is 0.278. The molecule has 7 heteroatoms. The van der Waals surface area contributed by atoms with Gasteiger partial charge in [0.25, 0.3) is 11.8 Å². The number of aliphatic carboxylic acids is 1. The molecule has 2 N–H and O–H groups in total. The normalized spacial score (nSPS) is 17.1. The van der Waals surface area contributed by atoms with Crippen LogP contribution in [0.5, 0.6) is 0 Å². The van der Waals surface area contributed by atoms with Crippen LogP contribution in [0.15, 0.2) is 47.1 Å². The lowest BCUT2D eigenvalue weighted by Gasteiger charge is -2.30. The Kier molecular flexibility index (Phi) is 4.83. The molecule has 3 rings (SSSR count). The van der Waals surface area contributed by atoms with Gasteiger partial charge < -0.3 is 19.7 Å². The highest BCUT2D eigenvalue weighted by Gasteiger charge is 2.28. The fourth-order valence-electron chi connectivity index (χ4n) is 2.88. The Hall–Kier alpha value is -3.09. The number of carbonyl (C=O) groups is 3. The number of furan rings is 1. The maximum Gasteiger partial charge on any atom is 0.308 e. The number of carboxylic acids is 1. The number of hydrogen-bond acceptors (Lipinski definition) is 4. The lowest BCUT2D eigenvalue weighted by Crippen LogP contribution is -2.42. The Morgan fingerprint density at radius 2 is 2.04 bits per heavy atom. The van der Waals surface area contributed by atoms with Gasteiger partial charge in [0.05, 0.1) is 12.2 Å². The predicted molar refractivity (Wildman–Crippen MR) is 89.4 cm³/mol. The molecular formula is C18H18N2O5. The molecule has 1 saturated heterocycles.